The monoisotopic (exact) mass is 531 g/mol. The Bertz CT molecular complexity index is 1870. The fraction of sp³-hybridized carbons (Fsp3) is 0. The summed E-state index contributed by atoms with van der Waals surface area (Å²) in [5.74, 6) is -0.814. The van der Waals surface area contributed by atoms with Gasteiger partial charge in [0.25, 0.3) is 10.0 Å². The topological polar surface area (TPSA) is 113 Å². The minimum absolute atomic E-state index is 0.0228. The summed E-state index contributed by atoms with van der Waals surface area (Å²) >= 11 is 6.02. The Morgan fingerprint density at radius 2 is 1.68 bits per heavy atom. The van der Waals surface area contributed by atoms with E-state index < -0.39 is 21.5 Å². The maximum absolute atomic E-state index is 13.8. The van der Waals surface area contributed by atoms with E-state index in [0.717, 1.165) is 0 Å². The minimum Gasteiger partial charge on any atom is -0.422 e. The van der Waals surface area contributed by atoms with Crippen molar-refractivity contribution >= 4 is 38.4 Å². The Morgan fingerprint density at radius 1 is 0.946 bits per heavy atom. The molecule has 0 atom stereocenters. The average molecular weight is 532 g/mol. The van der Waals surface area contributed by atoms with Crippen molar-refractivity contribution in [2.45, 2.75) is 4.90 Å². The highest BCUT2D eigenvalue weighted by molar-refractivity contribution is 7.92. The van der Waals surface area contributed by atoms with Crippen molar-refractivity contribution in [3.05, 3.63) is 112 Å². The number of fused-ring (bicyclic) bond motifs is 1. The lowest BCUT2D eigenvalue weighted by atomic mass is 9.98. The van der Waals surface area contributed by atoms with Gasteiger partial charge in [0.05, 0.1) is 16.2 Å². The van der Waals surface area contributed by atoms with E-state index in [1.54, 1.807) is 42.5 Å². The van der Waals surface area contributed by atoms with Crippen LogP contribution in [-0.2, 0) is 10.0 Å². The zero-order chi connectivity index (χ0) is 26.2. The number of nitriles is 1. The van der Waals surface area contributed by atoms with E-state index >= 15 is 0 Å². The maximum Gasteiger partial charge on any atom is 0.345 e. The van der Waals surface area contributed by atoms with Gasteiger partial charge in [-0.25, -0.2) is 22.6 Å². The van der Waals surface area contributed by atoms with Gasteiger partial charge in [0.1, 0.15) is 23.0 Å². The summed E-state index contributed by atoms with van der Waals surface area (Å²) in [6.07, 6.45) is 0. The third kappa shape index (κ3) is 4.80. The first kappa shape index (κ1) is 24.2. The number of nitrogens with one attached hydrogen (secondary N) is 1. The molecule has 0 aliphatic heterocycles. The van der Waals surface area contributed by atoms with E-state index in [-0.39, 0.29) is 33.1 Å². The first-order valence-corrected chi connectivity index (χ1v) is 12.6. The molecule has 0 spiro atoms. The van der Waals surface area contributed by atoms with E-state index in [2.05, 4.69) is 9.71 Å². The highest BCUT2D eigenvalue weighted by Crippen LogP contribution is 2.34. The molecule has 0 fully saturated rings. The second kappa shape index (κ2) is 9.50. The Balaban J connectivity index is 1.77. The van der Waals surface area contributed by atoms with E-state index in [9.17, 15) is 22.9 Å². The fourth-order valence-corrected chi connectivity index (χ4v) is 4.95. The largest absolute Gasteiger partial charge is 0.422 e. The number of halogens is 2. The molecular weight excluding hydrogens is 517 g/mol. The van der Waals surface area contributed by atoms with E-state index in [0.29, 0.717) is 21.5 Å². The molecular formula is C27H15ClFN3O4S. The van der Waals surface area contributed by atoms with Crippen LogP contribution in [0.4, 0.5) is 10.2 Å². The van der Waals surface area contributed by atoms with Crippen LogP contribution in [0.5, 0.6) is 0 Å². The van der Waals surface area contributed by atoms with Gasteiger partial charge < -0.3 is 4.42 Å². The molecule has 10 heteroatoms. The molecule has 2 aromatic heterocycles. The summed E-state index contributed by atoms with van der Waals surface area (Å²) in [7, 11) is -4.14. The number of hydrogen-bond donors (Lipinski definition) is 1. The summed E-state index contributed by atoms with van der Waals surface area (Å²) in [5, 5.41) is 10.8. The third-order valence-electron chi connectivity index (χ3n) is 5.54. The summed E-state index contributed by atoms with van der Waals surface area (Å²) in [6, 6.07) is 22.7. The number of pyridine rings is 1. The number of nitrogens with zero attached hydrogens (tertiary/aromatic N) is 2. The van der Waals surface area contributed by atoms with Crippen molar-refractivity contribution in [2.24, 2.45) is 0 Å². The first-order chi connectivity index (χ1) is 17.7. The maximum atomic E-state index is 13.8. The summed E-state index contributed by atoms with van der Waals surface area (Å²) < 4.78 is 47.7. The molecule has 3 aromatic carbocycles. The molecule has 37 heavy (non-hydrogen) atoms. The van der Waals surface area contributed by atoms with Crippen molar-refractivity contribution in [1.29, 1.82) is 5.26 Å². The number of sulfonamides is 1. The fourth-order valence-electron chi connectivity index (χ4n) is 3.79. The minimum atomic E-state index is -4.14. The third-order valence-corrected chi connectivity index (χ3v) is 7.15. The highest BCUT2D eigenvalue weighted by Gasteiger charge is 2.22. The van der Waals surface area contributed by atoms with Crippen LogP contribution in [0.2, 0.25) is 5.02 Å². The molecule has 182 valence electrons. The van der Waals surface area contributed by atoms with E-state index in [1.165, 1.54) is 42.5 Å². The van der Waals surface area contributed by atoms with Gasteiger partial charge in [-0.15, -0.1) is 0 Å². The quantitative estimate of drug-likeness (QED) is 0.279. The molecule has 0 bridgehead atoms. The first-order valence-electron chi connectivity index (χ1n) is 10.8. The van der Waals surface area contributed by atoms with E-state index in [1.807, 2.05) is 6.07 Å². The second-order valence-corrected chi connectivity index (χ2v) is 10.1. The van der Waals surface area contributed by atoms with Gasteiger partial charge in [0.2, 0.25) is 0 Å². The lowest BCUT2D eigenvalue weighted by Gasteiger charge is -2.14. The molecule has 0 unspecified atom stereocenters. The summed E-state index contributed by atoms with van der Waals surface area (Å²) in [4.78, 5) is 17.1. The molecule has 0 saturated carbocycles. The van der Waals surface area contributed by atoms with Crippen LogP contribution >= 0.6 is 11.6 Å². The number of hydrogen-bond acceptors (Lipinski definition) is 6. The molecule has 0 aliphatic rings. The van der Waals surface area contributed by atoms with Gasteiger partial charge in [-0.1, -0.05) is 41.9 Å². The van der Waals surface area contributed by atoms with Crippen LogP contribution < -0.4 is 10.3 Å². The van der Waals surface area contributed by atoms with Gasteiger partial charge in [0.15, 0.2) is 5.82 Å². The van der Waals surface area contributed by atoms with Gasteiger partial charge >= 0.3 is 5.63 Å². The Kier molecular flexibility index (Phi) is 6.21. The van der Waals surface area contributed by atoms with Crippen molar-refractivity contribution in [3.8, 4) is 28.5 Å². The molecule has 5 aromatic rings. The number of aromatic nitrogens is 1. The van der Waals surface area contributed by atoms with Crippen LogP contribution in [-0.4, -0.2) is 13.4 Å². The average Bonchev–Trinajstić information content (AvgIpc) is 2.89. The van der Waals surface area contributed by atoms with Crippen molar-refractivity contribution in [3.63, 3.8) is 0 Å². The van der Waals surface area contributed by atoms with Crippen molar-refractivity contribution < 1.29 is 17.2 Å². The number of benzene rings is 3. The van der Waals surface area contributed by atoms with Gasteiger partial charge in [0, 0.05) is 16.0 Å². The lowest BCUT2D eigenvalue weighted by Crippen LogP contribution is -2.16. The van der Waals surface area contributed by atoms with Crippen LogP contribution in [0.1, 0.15) is 5.56 Å². The Morgan fingerprint density at radius 3 is 2.38 bits per heavy atom. The Hall–Kier alpha value is -4.52. The van der Waals surface area contributed by atoms with Gasteiger partial charge in [-0.3, -0.25) is 4.72 Å². The molecule has 5 rings (SSSR count). The lowest BCUT2D eigenvalue weighted by molar-refractivity contribution is 0.560. The van der Waals surface area contributed by atoms with E-state index in [4.69, 9.17) is 16.0 Å². The second-order valence-electron chi connectivity index (χ2n) is 7.95. The van der Waals surface area contributed by atoms with Crippen molar-refractivity contribution in [1.82, 2.24) is 4.98 Å². The van der Waals surface area contributed by atoms with Gasteiger partial charge in [-0.2, -0.15) is 5.26 Å². The van der Waals surface area contributed by atoms with Crippen LogP contribution in [0.15, 0.2) is 99.0 Å². The predicted octanol–water partition coefficient (Wildman–Crippen LogP) is 5.99. The van der Waals surface area contributed by atoms with Gasteiger partial charge in [-0.05, 0) is 60.2 Å². The number of rotatable bonds is 5. The van der Waals surface area contributed by atoms with Crippen LogP contribution in [0, 0.1) is 17.1 Å². The normalized spacial score (nSPS) is 11.3. The number of anilines is 1. The summed E-state index contributed by atoms with van der Waals surface area (Å²) in [5.41, 5.74) is 0.144. The standard InChI is InChI=1S/C27H15ClFN3O4S/c28-18-8-6-16(7-9-18)21-14-24(22-13-17-12-19(29)10-11-25(17)36-27(22)33)31-26(23(21)15-30)32-37(34,35)20-4-2-1-3-5-20/h1-14H,(H,31,32). The molecule has 0 aliphatic carbocycles. The zero-order valence-corrected chi connectivity index (χ0v) is 20.3. The zero-order valence-electron chi connectivity index (χ0n) is 18.8. The highest BCUT2D eigenvalue weighted by atomic mass is 35.5. The predicted molar refractivity (Wildman–Crippen MR) is 138 cm³/mol. The summed E-state index contributed by atoms with van der Waals surface area (Å²) in [6.45, 7) is 0. The molecule has 1 N–H and O–H groups in total. The SMILES string of the molecule is N#Cc1c(-c2ccc(Cl)cc2)cc(-c2cc3cc(F)ccc3oc2=O)nc1NS(=O)(=O)c1ccccc1. The molecule has 2 heterocycles. The molecule has 0 saturated heterocycles. The molecule has 0 radical (unpaired) electrons. The Labute approximate surface area is 215 Å². The molecule has 0 amide bonds. The smallest absolute Gasteiger partial charge is 0.345 e. The van der Waals surface area contributed by atoms with Crippen LogP contribution in [0.25, 0.3) is 33.4 Å². The van der Waals surface area contributed by atoms with Crippen LogP contribution in [0.3, 0.4) is 0 Å². The van der Waals surface area contributed by atoms with Crippen molar-refractivity contribution in [2.75, 3.05) is 4.72 Å². The molecule has 7 nitrogen and oxygen atoms in total.